The zero-order chi connectivity index (χ0) is 21.3. The Morgan fingerprint density at radius 2 is 1.87 bits per heavy atom. The number of aromatic amines is 1. The predicted octanol–water partition coefficient (Wildman–Crippen LogP) is 3.06. The smallest absolute Gasteiger partial charge is 0.287 e. The Labute approximate surface area is 170 Å². The molecule has 0 unspecified atom stereocenters. The molecule has 8 heteroatoms. The molecule has 0 atom stereocenters. The summed E-state index contributed by atoms with van der Waals surface area (Å²) in [7, 11) is 1.71. The fraction of sp³-hybridized carbons (Fsp3) is 0.136. The van der Waals surface area contributed by atoms with Crippen molar-refractivity contribution in [2.45, 2.75) is 13.0 Å². The molecule has 2 N–H and O–H groups in total. The topological polar surface area (TPSA) is 79.8 Å². The summed E-state index contributed by atoms with van der Waals surface area (Å²) in [5.41, 5.74) is 1.90. The molecule has 0 radical (unpaired) electrons. The minimum atomic E-state index is -0.970. The first-order valence-electron chi connectivity index (χ1n) is 9.26. The monoisotopic (exact) mass is 408 g/mol. The van der Waals surface area contributed by atoms with Crippen LogP contribution in [0.3, 0.4) is 0 Å². The molecule has 2 aromatic heterocycles. The lowest BCUT2D eigenvalue weighted by Gasteiger charge is -2.06. The van der Waals surface area contributed by atoms with Crippen molar-refractivity contribution in [2.75, 3.05) is 0 Å². The van der Waals surface area contributed by atoms with Gasteiger partial charge in [-0.15, -0.1) is 0 Å². The molecule has 0 saturated carbocycles. The third-order valence-electron chi connectivity index (χ3n) is 4.78. The van der Waals surface area contributed by atoms with Crippen molar-refractivity contribution in [3.8, 4) is 0 Å². The first-order chi connectivity index (χ1) is 14.4. The van der Waals surface area contributed by atoms with E-state index in [1.165, 1.54) is 6.07 Å². The van der Waals surface area contributed by atoms with E-state index in [1.807, 2.05) is 30.3 Å². The summed E-state index contributed by atoms with van der Waals surface area (Å²) in [5.74, 6) is -2.32. The van der Waals surface area contributed by atoms with Gasteiger partial charge in [-0.25, -0.2) is 13.8 Å². The van der Waals surface area contributed by atoms with Crippen molar-refractivity contribution >= 4 is 17.1 Å². The number of nitrogens with zero attached hydrogens (tertiary/aromatic N) is 2. The number of carbonyl (C=O) groups is 1. The molecule has 0 bridgehead atoms. The molecule has 152 valence electrons. The average Bonchev–Trinajstić information content (AvgIpc) is 3.20. The Morgan fingerprint density at radius 3 is 2.60 bits per heavy atom. The average molecular weight is 408 g/mol. The number of fused-ring (bicyclic) bond motifs is 1. The number of hydrogen-bond acceptors (Lipinski definition) is 3. The van der Waals surface area contributed by atoms with Crippen LogP contribution in [0.25, 0.3) is 11.2 Å². The predicted molar refractivity (Wildman–Crippen MR) is 108 cm³/mol. The lowest BCUT2D eigenvalue weighted by atomic mass is 10.1. The van der Waals surface area contributed by atoms with Gasteiger partial charge in [-0.3, -0.25) is 9.59 Å². The highest BCUT2D eigenvalue weighted by atomic mass is 19.2. The van der Waals surface area contributed by atoms with E-state index in [-0.39, 0.29) is 23.2 Å². The minimum Gasteiger partial charge on any atom is -0.345 e. The van der Waals surface area contributed by atoms with Crippen LogP contribution in [-0.2, 0) is 20.0 Å². The molecule has 0 fully saturated rings. The van der Waals surface area contributed by atoms with Gasteiger partial charge < -0.3 is 14.9 Å². The summed E-state index contributed by atoms with van der Waals surface area (Å²) in [4.78, 5) is 32.4. The van der Waals surface area contributed by atoms with Crippen LogP contribution in [-0.4, -0.2) is 20.4 Å². The standard InChI is InChI=1S/C22H18F2N4O2/c1-28-12-15(9-14-7-8-16(23)17(24)10-14)19(29)18-21(28)27-20(26-18)22(30)25-11-13-5-3-2-4-6-13/h2-8,10,12H,9,11H2,1H3,(H,25,30)(H,26,27). The van der Waals surface area contributed by atoms with Crippen LogP contribution in [0.1, 0.15) is 27.3 Å². The normalized spacial score (nSPS) is 11.0. The number of imidazole rings is 1. The number of halogens is 2. The lowest BCUT2D eigenvalue weighted by molar-refractivity contribution is 0.0941. The summed E-state index contributed by atoms with van der Waals surface area (Å²) in [5, 5.41) is 2.76. The zero-order valence-corrected chi connectivity index (χ0v) is 16.1. The molecule has 0 aliphatic carbocycles. The number of amides is 1. The van der Waals surface area contributed by atoms with E-state index in [2.05, 4.69) is 15.3 Å². The Balaban J connectivity index is 1.61. The molecule has 1 amide bonds. The van der Waals surface area contributed by atoms with Crippen LogP contribution in [0, 0.1) is 11.6 Å². The first-order valence-corrected chi connectivity index (χ1v) is 9.26. The Hall–Kier alpha value is -3.81. The van der Waals surface area contributed by atoms with Gasteiger partial charge in [0.2, 0.25) is 5.43 Å². The van der Waals surface area contributed by atoms with Gasteiger partial charge in [-0.05, 0) is 23.3 Å². The van der Waals surface area contributed by atoms with Gasteiger partial charge in [-0.2, -0.15) is 0 Å². The zero-order valence-electron chi connectivity index (χ0n) is 16.1. The van der Waals surface area contributed by atoms with Crippen LogP contribution in [0.5, 0.6) is 0 Å². The SMILES string of the molecule is Cn1cc(Cc2ccc(F)c(F)c2)c(=O)c2nc(C(=O)NCc3ccccc3)[nH]c21. The van der Waals surface area contributed by atoms with Crippen LogP contribution in [0.15, 0.2) is 59.5 Å². The van der Waals surface area contributed by atoms with Crippen LogP contribution in [0.4, 0.5) is 8.78 Å². The second-order valence-electron chi connectivity index (χ2n) is 6.97. The van der Waals surface area contributed by atoms with Gasteiger partial charge in [0.05, 0.1) is 0 Å². The second-order valence-corrected chi connectivity index (χ2v) is 6.97. The molecular weight excluding hydrogens is 390 g/mol. The number of rotatable bonds is 5. The number of hydrogen-bond donors (Lipinski definition) is 2. The van der Waals surface area contributed by atoms with Crippen LogP contribution >= 0.6 is 0 Å². The van der Waals surface area contributed by atoms with E-state index < -0.39 is 17.5 Å². The third-order valence-corrected chi connectivity index (χ3v) is 4.78. The molecule has 0 spiro atoms. The molecule has 0 aliphatic heterocycles. The van der Waals surface area contributed by atoms with Crippen LogP contribution in [0.2, 0.25) is 0 Å². The van der Waals surface area contributed by atoms with E-state index in [0.717, 1.165) is 17.7 Å². The molecule has 2 heterocycles. The fourth-order valence-electron chi connectivity index (χ4n) is 3.25. The molecular formula is C22H18F2N4O2. The highest BCUT2D eigenvalue weighted by molar-refractivity contribution is 5.93. The number of nitrogens with one attached hydrogen (secondary N) is 2. The van der Waals surface area contributed by atoms with Crippen molar-refractivity contribution in [3.05, 3.63) is 99.1 Å². The van der Waals surface area contributed by atoms with Gasteiger partial charge in [0, 0.05) is 31.8 Å². The molecule has 0 aliphatic rings. The number of aromatic nitrogens is 3. The summed E-state index contributed by atoms with van der Waals surface area (Å²) < 4.78 is 28.3. The number of aryl methyl sites for hydroxylation is 1. The molecule has 0 saturated heterocycles. The fourth-order valence-corrected chi connectivity index (χ4v) is 3.25. The largest absolute Gasteiger partial charge is 0.345 e. The van der Waals surface area contributed by atoms with Gasteiger partial charge in [0.1, 0.15) is 5.65 Å². The lowest BCUT2D eigenvalue weighted by Crippen LogP contribution is -2.24. The Bertz CT molecular complexity index is 1300. The van der Waals surface area contributed by atoms with E-state index >= 15 is 0 Å². The van der Waals surface area contributed by atoms with Crippen molar-refractivity contribution in [2.24, 2.45) is 7.05 Å². The van der Waals surface area contributed by atoms with E-state index in [4.69, 9.17) is 0 Å². The Kier molecular flexibility index (Phi) is 5.14. The number of H-pyrrole nitrogens is 1. The second kappa shape index (κ2) is 7.90. The molecule has 4 aromatic rings. The van der Waals surface area contributed by atoms with Crippen molar-refractivity contribution in [1.82, 2.24) is 19.9 Å². The van der Waals surface area contributed by atoms with Gasteiger partial charge >= 0.3 is 0 Å². The highest BCUT2D eigenvalue weighted by Crippen LogP contribution is 2.14. The highest BCUT2D eigenvalue weighted by Gasteiger charge is 2.17. The summed E-state index contributed by atoms with van der Waals surface area (Å²) in [6.07, 6.45) is 1.71. The molecule has 4 rings (SSSR count). The Morgan fingerprint density at radius 1 is 1.10 bits per heavy atom. The number of carbonyl (C=O) groups excluding carboxylic acids is 1. The summed E-state index contributed by atoms with van der Waals surface area (Å²) in [6, 6.07) is 12.9. The van der Waals surface area contributed by atoms with Gasteiger partial charge in [0.15, 0.2) is 23.0 Å². The van der Waals surface area contributed by atoms with E-state index in [1.54, 1.807) is 17.8 Å². The van der Waals surface area contributed by atoms with E-state index in [0.29, 0.717) is 23.3 Å². The van der Waals surface area contributed by atoms with Crippen molar-refractivity contribution in [1.29, 1.82) is 0 Å². The van der Waals surface area contributed by atoms with Gasteiger partial charge in [-0.1, -0.05) is 36.4 Å². The molecule has 30 heavy (non-hydrogen) atoms. The quantitative estimate of drug-likeness (QED) is 0.533. The van der Waals surface area contributed by atoms with E-state index in [9.17, 15) is 18.4 Å². The van der Waals surface area contributed by atoms with Gasteiger partial charge in [0.25, 0.3) is 5.91 Å². The minimum absolute atomic E-state index is 0.0265. The van der Waals surface area contributed by atoms with Crippen molar-refractivity contribution < 1.29 is 13.6 Å². The maximum absolute atomic E-state index is 13.5. The van der Waals surface area contributed by atoms with Crippen LogP contribution < -0.4 is 10.7 Å². The maximum atomic E-state index is 13.5. The first kappa shape index (κ1) is 19.5. The number of benzene rings is 2. The molecule has 2 aromatic carbocycles. The maximum Gasteiger partial charge on any atom is 0.287 e. The third kappa shape index (κ3) is 3.84. The molecule has 6 nitrogen and oxygen atoms in total. The summed E-state index contributed by atoms with van der Waals surface area (Å²) >= 11 is 0. The van der Waals surface area contributed by atoms with Crippen molar-refractivity contribution in [3.63, 3.8) is 0 Å². The number of pyridine rings is 1. The summed E-state index contributed by atoms with van der Waals surface area (Å²) in [6.45, 7) is 0.328.